The molecule has 0 unspecified atom stereocenters. The molecule has 0 amide bonds. The maximum absolute atomic E-state index is 12.8. The Labute approximate surface area is 296 Å². The molecule has 4 aliphatic carbocycles. The van der Waals surface area contributed by atoms with Crippen LogP contribution in [0.5, 0.6) is 0 Å². The second-order valence-corrected chi connectivity index (χ2v) is 17.7. The summed E-state index contributed by atoms with van der Waals surface area (Å²) in [7, 11) is 0. The molecule has 0 saturated heterocycles. The maximum Gasteiger partial charge on any atom is 0.306 e. The van der Waals surface area contributed by atoms with Crippen molar-refractivity contribution in [3.63, 3.8) is 0 Å². The van der Waals surface area contributed by atoms with Gasteiger partial charge in [0.2, 0.25) is 0 Å². The molecule has 0 bridgehead atoms. The number of unbranched alkanes of at least 4 members (excludes halogenated alkanes) is 7. The summed E-state index contributed by atoms with van der Waals surface area (Å²) in [5.41, 5.74) is 2.45. The van der Waals surface area contributed by atoms with Crippen LogP contribution in [0.25, 0.3) is 0 Å². The van der Waals surface area contributed by atoms with Crippen molar-refractivity contribution in [2.45, 2.75) is 189 Å². The summed E-state index contributed by atoms with van der Waals surface area (Å²) in [6.07, 6.45) is 35.8. The van der Waals surface area contributed by atoms with Gasteiger partial charge in [-0.25, -0.2) is 0 Å². The van der Waals surface area contributed by atoms with Crippen LogP contribution in [-0.4, -0.2) is 17.9 Å². The average Bonchev–Trinajstić information content (AvgIpc) is 3.41. The predicted octanol–water partition coefficient (Wildman–Crippen LogP) is 12.9. The fourth-order valence-electron chi connectivity index (χ4n) is 11.0. The van der Waals surface area contributed by atoms with Gasteiger partial charge in [-0.05, 0) is 123 Å². The Morgan fingerprint density at radius 3 is 2.40 bits per heavy atom. The Bertz CT molecular complexity index is 1100. The standard InChI is InChI=1S/C45H74O3/c1-7-8-9-10-11-13-16-22-37(46)23-17-14-12-15-18-24-43(47)48-38-29-31-44(5)36(33-38)25-26-39-41-28-27-40(35(4)21-19-20-34(2)3)45(41,6)32-30-42(39)44/h11,13,16,22,25,34-35,38-42H,7-10,12,14-15,17-21,23-24,26-33H2,1-6H3/b13-11-,22-16+/t35-,38+,39+,40-,41+,42+,44+,45-/m1/s1. The third kappa shape index (κ3) is 10.4. The van der Waals surface area contributed by atoms with Crippen molar-refractivity contribution in [1.82, 2.24) is 0 Å². The van der Waals surface area contributed by atoms with Crippen molar-refractivity contribution in [1.29, 1.82) is 0 Å². The average molecular weight is 663 g/mol. The number of allylic oxidation sites excluding steroid dienone is 5. The van der Waals surface area contributed by atoms with Crippen LogP contribution in [0.2, 0.25) is 0 Å². The van der Waals surface area contributed by atoms with Gasteiger partial charge in [0.05, 0.1) is 0 Å². The molecule has 3 fully saturated rings. The van der Waals surface area contributed by atoms with E-state index in [1.807, 2.05) is 12.2 Å². The zero-order chi connectivity index (χ0) is 34.6. The first kappa shape index (κ1) is 39.2. The number of hydrogen-bond donors (Lipinski definition) is 0. The highest BCUT2D eigenvalue weighted by Gasteiger charge is 2.59. The first-order chi connectivity index (χ1) is 23.1. The molecule has 3 heteroatoms. The van der Waals surface area contributed by atoms with Crippen LogP contribution in [0.4, 0.5) is 0 Å². The van der Waals surface area contributed by atoms with Crippen LogP contribution in [-0.2, 0) is 14.3 Å². The van der Waals surface area contributed by atoms with Gasteiger partial charge < -0.3 is 4.74 Å². The van der Waals surface area contributed by atoms with Gasteiger partial charge in [-0.15, -0.1) is 0 Å². The number of carbonyl (C=O) groups excluding carboxylic acids is 2. The fourth-order valence-corrected chi connectivity index (χ4v) is 11.0. The van der Waals surface area contributed by atoms with E-state index in [1.165, 1.54) is 77.0 Å². The van der Waals surface area contributed by atoms with Gasteiger partial charge in [-0.1, -0.05) is 123 Å². The van der Waals surface area contributed by atoms with E-state index >= 15 is 0 Å². The van der Waals surface area contributed by atoms with Crippen molar-refractivity contribution in [3.8, 4) is 0 Å². The largest absolute Gasteiger partial charge is 0.462 e. The second kappa shape index (κ2) is 19.1. The molecule has 3 nitrogen and oxygen atoms in total. The lowest BCUT2D eigenvalue weighted by atomic mass is 9.47. The molecule has 0 aliphatic heterocycles. The smallest absolute Gasteiger partial charge is 0.306 e. The van der Waals surface area contributed by atoms with Crippen LogP contribution in [0.3, 0.4) is 0 Å². The first-order valence-electron chi connectivity index (χ1n) is 20.8. The molecule has 0 spiro atoms. The van der Waals surface area contributed by atoms with E-state index in [-0.39, 0.29) is 17.9 Å². The lowest BCUT2D eigenvalue weighted by molar-refractivity contribution is -0.151. The topological polar surface area (TPSA) is 43.4 Å². The Morgan fingerprint density at radius 2 is 1.62 bits per heavy atom. The van der Waals surface area contributed by atoms with Gasteiger partial charge in [0.25, 0.3) is 0 Å². The lowest BCUT2D eigenvalue weighted by Crippen LogP contribution is -2.51. The minimum absolute atomic E-state index is 0.00565. The molecule has 0 aromatic carbocycles. The molecule has 4 aliphatic rings. The highest BCUT2D eigenvalue weighted by molar-refractivity contribution is 5.89. The Morgan fingerprint density at radius 1 is 0.854 bits per heavy atom. The van der Waals surface area contributed by atoms with Gasteiger partial charge >= 0.3 is 5.97 Å². The second-order valence-electron chi connectivity index (χ2n) is 17.7. The Hall–Kier alpha value is -1.64. The number of hydrogen-bond acceptors (Lipinski definition) is 3. The van der Waals surface area contributed by atoms with E-state index in [4.69, 9.17) is 4.74 Å². The number of ketones is 1. The maximum atomic E-state index is 12.8. The predicted molar refractivity (Wildman–Crippen MR) is 203 cm³/mol. The molecule has 4 rings (SSSR count). The molecule has 0 N–H and O–H groups in total. The fraction of sp³-hybridized carbons (Fsp3) is 0.822. The number of rotatable bonds is 20. The monoisotopic (exact) mass is 663 g/mol. The minimum Gasteiger partial charge on any atom is -0.462 e. The van der Waals surface area contributed by atoms with Crippen molar-refractivity contribution in [2.24, 2.45) is 46.3 Å². The molecular weight excluding hydrogens is 588 g/mol. The van der Waals surface area contributed by atoms with Gasteiger partial charge in [0.15, 0.2) is 5.78 Å². The third-order valence-electron chi connectivity index (χ3n) is 13.9. The van der Waals surface area contributed by atoms with Gasteiger partial charge in [-0.3, -0.25) is 9.59 Å². The van der Waals surface area contributed by atoms with Crippen molar-refractivity contribution in [2.75, 3.05) is 0 Å². The van der Waals surface area contributed by atoms with Crippen LogP contribution >= 0.6 is 0 Å². The van der Waals surface area contributed by atoms with E-state index < -0.39 is 0 Å². The van der Waals surface area contributed by atoms with Gasteiger partial charge in [0, 0.05) is 19.3 Å². The van der Waals surface area contributed by atoms with E-state index in [1.54, 1.807) is 11.6 Å². The third-order valence-corrected chi connectivity index (χ3v) is 13.9. The summed E-state index contributed by atoms with van der Waals surface area (Å²) in [5.74, 6) is 5.36. The van der Waals surface area contributed by atoms with E-state index in [0.717, 1.165) is 86.9 Å². The molecular formula is C45H74O3. The van der Waals surface area contributed by atoms with E-state index in [9.17, 15) is 9.59 Å². The summed E-state index contributed by atoms with van der Waals surface area (Å²) >= 11 is 0. The molecule has 272 valence electrons. The molecule has 48 heavy (non-hydrogen) atoms. The lowest BCUT2D eigenvalue weighted by Gasteiger charge is -2.58. The van der Waals surface area contributed by atoms with Crippen LogP contribution in [0.1, 0.15) is 183 Å². The van der Waals surface area contributed by atoms with Crippen LogP contribution < -0.4 is 0 Å². The number of fused-ring (bicyclic) bond motifs is 5. The molecule has 0 aromatic heterocycles. The van der Waals surface area contributed by atoms with Crippen molar-refractivity contribution >= 4 is 11.8 Å². The highest BCUT2D eigenvalue weighted by atomic mass is 16.5. The Balaban J connectivity index is 1.14. The number of ether oxygens (including phenoxy) is 1. The molecule has 8 atom stereocenters. The summed E-state index contributed by atoms with van der Waals surface area (Å²) in [4.78, 5) is 24.9. The van der Waals surface area contributed by atoms with Crippen LogP contribution in [0, 0.1) is 46.3 Å². The van der Waals surface area contributed by atoms with E-state index in [0.29, 0.717) is 23.7 Å². The Kier molecular flexibility index (Phi) is 15.6. The molecule has 0 radical (unpaired) electrons. The van der Waals surface area contributed by atoms with E-state index in [2.05, 4.69) is 53.7 Å². The quantitative estimate of drug-likeness (QED) is 0.0428. The molecule has 0 aromatic rings. The minimum atomic E-state index is -0.00565. The highest BCUT2D eigenvalue weighted by Crippen LogP contribution is 2.67. The summed E-state index contributed by atoms with van der Waals surface area (Å²) in [5, 5.41) is 0. The van der Waals surface area contributed by atoms with Crippen molar-refractivity contribution < 1.29 is 14.3 Å². The number of carbonyl (C=O) groups is 2. The normalized spacial score (nSPS) is 32.2. The summed E-state index contributed by atoms with van der Waals surface area (Å²) < 4.78 is 6.09. The zero-order valence-corrected chi connectivity index (χ0v) is 32.2. The van der Waals surface area contributed by atoms with Crippen molar-refractivity contribution in [3.05, 3.63) is 36.0 Å². The molecule has 3 saturated carbocycles. The first-order valence-corrected chi connectivity index (χ1v) is 20.8. The number of esters is 1. The van der Waals surface area contributed by atoms with Gasteiger partial charge in [0.1, 0.15) is 6.10 Å². The van der Waals surface area contributed by atoms with Gasteiger partial charge in [-0.2, -0.15) is 0 Å². The SMILES string of the molecule is CCCCC/C=C\C=C\C(=O)CCCCCCCC(=O)O[C@H]1CC[C@@]2(C)C(=CC[C@H]3[C@@H]4CC[C@H]([C@H](C)CCCC(C)C)[C@@]4(C)CC[C@@H]32)C1. The van der Waals surface area contributed by atoms with Crippen LogP contribution in [0.15, 0.2) is 36.0 Å². The summed E-state index contributed by atoms with van der Waals surface area (Å²) in [6.45, 7) is 14.8. The summed E-state index contributed by atoms with van der Waals surface area (Å²) in [6, 6.07) is 0. The zero-order valence-electron chi connectivity index (χ0n) is 32.2. The molecule has 0 heterocycles.